The molecule has 0 aromatic heterocycles. The Balaban J connectivity index is 2.75. The number of urea groups is 1. The highest BCUT2D eigenvalue weighted by atomic mass is 79.9. The van der Waals surface area contributed by atoms with Crippen molar-refractivity contribution in [3.05, 3.63) is 28.2 Å². The minimum atomic E-state index is -0.308. The largest absolute Gasteiger partial charge is 0.370 e. The van der Waals surface area contributed by atoms with Gasteiger partial charge in [0, 0.05) is 18.1 Å². The van der Waals surface area contributed by atoms with Crippen molar-refractivity contribution in [1.29, 1.82) is 0 Å². The van der Waals surface area contributed by atoms with Crippen molar-refractivity contribution in [2.45, 2.75) is 26.7 Å². The minimum absolute atomic E-state index is 0.153. The molecule has 0 aliphatic carbocycles. The first kappa shape index (κ1) is 16.5. The number of carbonyl (C=O) groups excluding carboxylic acids is 1. The molecule has 5 nitrogen and oxygen atoms in total. The topological polar surface area (TPSA) is 70.7 Å². The summed E-state index contributed by atoms with van der Waals surface area (Å²) in [5.74, 6) is 0.153. The number of nitrogens with two attached hydrogens (primary N) is 1. The summed E-state index contributed by atoms with van der Waals surface area (Å²) in [5, 5.41) is 2.59. The third kappa shape index (κ3) is 4.52. The molecule has 20 heavy (non-hydrogen) atoms. The SMILES string of the molecule is CCCCN=C(N)NC(=O)N(C)c1c(C)cccc1Br. The summed E-state index contributed by atoms with van der Waals surface area (Å²) in [5.41, 5.74) is 7.50. The number of hydrogen-bond acceptors (Lipinski definition) is 2. The monoisotopic (exact) mass is 340 g/mol. The molecular formula is C14H21BrN4O. The zero-order valence-electron chi connectivity index (χ0n) is 12.1. The van der Waals surface area contributed by atoms with Crippen LogP contribution in [0.3, 0.4) is 0 Å². The number of hydrogen-bond donors (Lipinski definition) is 2. The molecule has 0 aliphatic rings. The van der Waals surface area contributed by atoms with Crippen molar-refractivity contribution >= 4 is 33.6 Å². The van der Waals surface area contributed by atoms with E-state index in [2.05, 4.69) is 33.2 Å². The highest BCUT2D eigenvalue weighted by Gasteiger charge is 2.16. The molecule has 0 fully saturated rings. The van der Waals surface area contributed by atoms with E-state index < -0.39 is 0 Å². The molecule has 0 radical (unpaired) electrons. The summed E-state index contributed by atoms with van der Waals surface area (Å²) < 4.78 is 0.858. The molecule has 1 aromatic carbocycles. The molecule has 0 unspecified atom stereocenters. The van der Waals surface area contributed by atoms with Crippen LogP contribution < -0.4 is 16.0 Å². The molecule has 3 N–H and O–H groups in total. The van der Waals surface area contributed by atoms with Gasteiger partial charge >= 0.3 is 6.03 Å². The highest BCUT2D eigenvalue weighted by molar-refractivity contribution is 9.10. The predicted molar refractivity (Wildman–Crippen MR) is 87.2 cm³/mol. The van der Waals surface area contributed by atoms with Gasteiger partial charge in [-0.15, -0.1) is 0 Å². The van der Waals surface area contributed by atoms with E-state index in [0.29, 0.717) is 6.54 Å². The number of anilines is 1. The third-order valence-electron chi connectivity index (χ3n) is 2.86. The number of aryl methyl sites for hydroxylation is 1. The second-order valence-electron chi connectivity index (χ2n) is 4.52. The number of carbonyl (C=O) groups is 1. The van der Waals surface area contributed by atoms with Crippen LogP contribution in [0.4, 0.5) is 10.5 Å². The first-order valence-electron chi connectivity index (χ1n) is 6.57. The number of benzene rings is 1. The van der Waals surface area contributed by atoms with Gasteiger partial charge in [-0.1, -0.05) is 25.5 Å². The van der Waals surface area contributed by atoms with Crippen molar-refractivity contribution in [2.75, 3.05) is 18.5 Å². The lowest BCUT2D eigenvalue weighted by atomic mass is 10.2. The molecule has 0 saturated heterocycles. The van der Waals surface area contributed by atoms with Crippen molar-refractivity contribution < 1.29 is 4.79 Å². The molecule has 0 aliphatic heterocycles. The van der Waals surface area contributed by atoms with Crippen molar-refractivity contribution in [3.8, 4) is 0 Å². The van der Waals surface area contributed by atoms with Crippen LogP contribution in [0.1, 0.15) is 25.3 Å². The van der Waals surface area contributed by atoms with Crippen LogP contribution in [0.25, 0.3) is 0 Å². The Bertz CT molecular complexity index is 482. The van der Waals surface area contributed by atoms with Gasteiger partial charge in [-0.3, -0.25) is 15.2 Å². The standard InChI is InChI=1S/C14H21BrN4O/c1-4-5-9-17-13(16)18-14(20)19(3)12-10(2)7-6-8-11(12)15/h6-8H,4-5,9H2,1-3H3,(H3,16,17,18,20). The molecule has 0 atom stereocenters. The van der Waals surface area contributed by atoms with Crippen LogP contribution in [0.5, 0.6) is 0 Å². The van der Waals surface area contributed by atoms with Crippen LogP contribution in [-0.2, 0) is 0 Å². The molecular weight excluding hydrogens is 320 g/mol. The summed E-state index contributed by atoms with van der Waals surface area (Å²) in [6.07, 6.45) is 2.00. The number of unbranched alkanes of at least 4 members (excludes halogenated alkanes) is 1. The van der Waals surface area contributed by atoms with E-state index in [1.54, 1.807) is 7.05 Å². The van der Waals surface area contributed by atoms with Gasteiger partial charge < -0.3 is 5.73 Å². The fourth-order valence-corrected chi connectivity index (χ4v) is 2.47. The summed E-state index contributed by atoms with van der Waals surface area (Å²) in [4.78, 5) is 17.7. The molecule has 0 spiro atoms. The number of rotatable bonds is 4. The van der Waals surface area contributed by atoms with Crippen LogP contribution in [0.2, 0.25) is 0 Å². The molecule has 6 heteroatoms. The first-order chi connectivity index (χ1) is 9.47. The Morgan fingerprint density at radius 2 is 2.20 bits per heavy atom. The number of aliphatic imine (C=N–C) groups is 1. The summed E-state index contributed by atoms with van der Waals surface area (Å²) >= 11 is 3.45. The Morgan fingerprint density at radius 1 is 1.50 bits per heavy atom. The molecule has 1 rings (SSSR count). The summed E-state index contributed by atoms with van der Waals surface area (Å²) in [6, 6.07) is 5.46. The van der Waals surface area contributed by atoms with Crippen molar-refractivity contribution in [3.63, 3.8) is 0 Å². The maximum absolute atomic E-state index is 12.1. The summed E-state index contributed by atoms with van der Waals surface area (Å²) in [6.45, 7) is 4.65. The number of para-hydroxylation sites is 1. The molecule has 110 valence electrons. The van der Waals surface area contributed by atoms with Gasteiger partial charge in [0.15, 0.2) is 5.96 Å². The van der Waals surface area contributed by atoms with E-state index in [0.717, 1.165) is 28.6 Å². The van der Waals surface area contributed by atoms with Crippen molar-refractivity contribution in [2.24, 2.45) is 10.7 Å². The van der Waals surface area contributed by atoms with E-state index in [1.807, 2.05) is 25.1 Å². The summed E-state index contributed by atoms with van der Waals surface area (Å²) in [7, 11) is 1.70. The molecule has 0 heterocycles. The maximum atomic E-state index is 12.1. The normalized spacial score (nSPS) is 11.3. The Morgan fingerprint density at radius 3 is 2.80 bits per heavy atom. The van der Waals surface area contributed by atoms with E-state index >= 15 is 0 Å². The lowest BCUT2D eigenvalue weighted by molar-refractivity contribution is 0.251. The molecule has 1 aromatic rings. The Labute approximate surface area is 128 Å². The predicted octanol–water partition coefficient (Wildman–Crippen LogP) is 3.02. The average Bonchev–Trinajstić information content (AvgIpc) is 2.38. The van der Waals surface area contributed by atoms with Crippen LogP contribution in [0, 0.1) is 6.92 Å². The Hall–Kier alpha value is -1.56. The van der Waals surface area contributed by atoms with E-state index in [4.69, 9.17) is 5.73 Å². The molecule has 0 saturated carbocycles. The Kier molecular flexibility index (Phi) is 6.51. The second-order valence-corrected chi connectivity index (χ2v) is 5.37. The van der Waals surface area contributed by atoms with Crippen LogP contribution in [-0.4, -0.2) is 25.6 Å². The third-order valence-corrected chi connectivity index (χ3v) is 3.50. The zero-order chi connectivity index (χ0) is 15.1. The van der Waals surface area contributed by atoms with Gasteiger partial charge in [0.2, 0.25) is 0 Å². The second kappa shape index (κ2) is 7.89. The molecule has 0 bridgehead atoms. The van der Waals surface area contributed by atoms with E-state index in [1.165, 1.54) is 4.90 Å². The number of nitrogens with one attached hydrogen (secondary N) is 1. The highest BCUT2D eigenvalue weighted by Crippen LogP contribution is 2.28. The zero-order valence-corrected chi connectivity index (χ0v) is 13.7. The van der Waals surface area contributed by atoms with Gasteiger partial charge in [-0.25, -0.2) is 4.79 Å². The van der Waals surface area contributed by atoms with Gasteiger partial charge in [0.1, 0.15) is 0 Å². The fraction of sp³-hybridized carbons (Fsp3) is 0.429. The van der Waals surface area contributed by atoms with Crippen molar-refractivity contribution in [1.82, 2.24) is 5.32 Å². The van der Waals surface area contributed by atoms with E-state index in [-0.39, 0.29) is 12.0 Å². The van der Waals surface area contributed by atoms with Crippen LogP contribution >= 0.6 is 15.9 Å². The van der Waals surface area contributed by atoms with Gasteiger partial charge in [0.25, 0.3) is 0 Å². The fourth-order valence-electron chi connectivity index (χ4n) is 1.74. The number of halogens is 1. The van der Waals surface area contributed by atoms with Gasteiger partial charge in [-0.05, 0) is 40.9 Å². The smallest absolute Gasteiger partial charge is 0.328 e. The lowest BCUT2D eigenvalue weighted by Gasteiger charge is -2.21. The number of amides is 2. The lowest BCUT2D eigenvalue weighted by Crippen LogP contribution is -2.44. The van der Waals surface area contributed by atoms with E-state index in [9.17, 15) is 4.79 Å². The van der Waals surface area contributed by atoms with Crippen LogP contribution in [0.15, 0.2) is 27.7 Å². The molecule has 2 amide bonds. The van der Waals surface area contributed by atoms with Gasteiger partial charge in [-0.2, -0.15) is 0 Å². The quantitative estimate of drug-likeness (QED) is 0.502. The number of guanidine groups is 1. The maximum Gasteiger partial charge on any atom is 0.328 e. The minimum Gasteiger partial charge on any atom is -0.370 e. The average molecular weight is 341 g/mol. The van der Waals surface area contributed by atoms with Gasteiger partial charge in [0.05, 0.1) is 5.69 Å². The first-order valence-corrected chi connectivity index (χ1v) is 7.36. The number of nitrogens with zero attached hydrogens (tertiary/aromatic N) is 2.